The molecule has 0 radical (unpaired) electrons. The predicted octanol–water partition coefficient (Wildman–Crippen LogP) is 4.37. The van der Waals surface area contributed by atoms with E-state index in [0.717, 1.165) is 12.1 Å². The van der Waals surface area contributed by atoms with Crippen LogP contribution in [0.3, 0.4) is 0 Å². The Hall–Kier alpha value is -2.55. The number of amides is 2. The number of nitrogens with one attached hydrogen (secondary N) is 2. The van der Waals surface area contributed by atoms with Crippen molar-refractivity contribution < 1.29 is 22.8 Å². The lowest BCUT2D eigenvalue weighted by Gasteiger charge is -2.25. The SMILES string of the molecule is CCN(CC)c1ccc(C(F)(F)F)cc1NC(=O)CCNC(=O)c1cccs1. The van der Waals surface area contributed by atoms with Gasteiger partial charge in [0.2, 0.25) is 5.91 Å². The summed E-state index contributed by atoms with van der Waals surface area (Å²) in [5, 5.41) is 6.94. The second-order valence-corrected chi connectivity index (χ2v) is 6.88. The molecular weight excluding hydrogens is 391 g/mol. The summed E-state index contributed by atoms with van der Waals surface area (Å²) in [6.07, 6.45) is -4.55. The molecule has 1 aromatic carbocycles. The van der Waals surface area contributed by atoms with Crippen LogP contribution in [0.5, 0.6) is 0 Å². The van der Waals surface area contributed by atoms with Crippen LogP contribution in [0.4, 0.5) is 24.5 Å². The molecule has 0 saturated heterocycles. The molecule has 28 heavy (non-hydrogen) atoms. The standard InChI is InChI=1S/C19H22F3N3O2S/c1-3-25(4-2)15-8-7-13(19(20,21)22)12-14(15)24-17(26)9-10-23-18(27)16-6-5-11-28-16/h5-8,11-12H,3-4,9-10H2,1-2H3,(H,23,27)(H,24,26). The Labute approximate surface area is 165 Å². The zero-order valence-corrected chi connectivity index (χ0v) is 16.4. The van der Waals surface area contributed by atoms with E-state index in [2.05, 4.69) is 10.6 Å². The van der Waals surface area contributed by atoms with Gasteiger partial charge in [-0.1, -0.05) is 6.07 Å². The number of thiophene rings is 1. The molecular formula is C19H22F3N3O2S. The van der Waals surface area contributed by atoms with Gasteiger partial charge in [0.05, 0.1) is 21.8 Å². The Bertz CT molecular complexity index is 803. The fourth-order valence-corrected chi connectivity index (χ4v) is 3.29. The lowest BCUT2D eigenvalue weighted by molar-refractivity contribution is -0.137. The van der Waals surface area contributed by atoms with E-state index in [9.17, 15) is 22.8 Å². The van der Waals surface area contributed by atoms with Gasteiger partial charge in [0.15, 0.2) is 0 Å². The van der Waals surface area contributed by atoms with Crippen LogP contribution in [0.25, 0.3) is 0 Å². The summed E-state index contributed by atoms with van der Waals surface area (Å²) in [7, 11) is 0. The Morgan fingerprint density at radius 1 is 1.14 bits per heavy atom. The monoisotopic (exact) mass is 413 g/mol. The fraction of sp³-hybridized carbons (Fsp3) is 0.368. The Kier molecular flexibility index (Phi) is 7.45. The number of rotatable bonds is 8. The largest absolute Gasteiger partial charge is 0.416 e. The predicted molar refractivity (Wildman–Crippen MR) is 105 cm³/mol. The minimum Gasteiger partial charge on any atom is -0.370 e. The smallest absolute Gasteiger partial charge is 0.370 e. The van der Waals surface area contributed by atoms with E-state index in [-0.39, 0.29) is 24.6 Å². The molecule has 0 saturated carbocycles. The summed E-state index contributed by atoms with van der Waals surface area (Å²) in [6, 6.07) is 6.72. The fourth-order valence-electron chi connectivity index (χ4n) is 2.65. The van der Waals surface area contributed by atoms with Gasteiger partial charge in [-0.2, -0.15) is 13.2 Å². The summed E-state index contributed by atoms with van der Waals surface area (Å²) >= 11 is 1.28. The quantitative estimate of drug-likeness (QED) is 0.676. The molecule has 0 aliphatic carbocycles. The van der Waals surface area contributed by atoms with Crippen molar-refractivity contribution in [1.29, 1.82) is 0 Å². The van der Waals surface area contributed by atoms with Gasteiger partial charge in [-0.25, -0.2) is 0 Å². The normalized spacial score (nSPS) is 11.2. The summed E-state index contributed by atoms with van der Waals surface area (Å²) in [6.45, 7) is 5.02. The van der Waals surface area contributed by atoms with Crippen molar-refractivity contribution >= 4 is 34.5 Å². The Morgan fingerprint density at radius 2 is 1.86 bits per heavy atom. The lowest BCUT2D eigenvalue weighted by atomic mass is 10.1. The molecule has 152 valence electrons. The first kappa shape index (κ1) is 21.7. The average molecular weight is 413 g/mol. The molecule has 2 amide bonds. The summed E-state index contributed by atoms with van der Waals surface area (Å²) in [5.74, 6) is -0.759. The van der Waals surface area contributed by atoms with Crippen molar-refractivity contribution in [1.82, 2.24) is 5.32 Å². The first-order chi connectivity index (χ1) is 13.3. The molecule has 0 bridgehead atoms. The number of alkyl halides is 3. The van der Waals surface area contributed by atoms with Crippen molar-refractivity contribution in [3.8, 4) is 0 Å². The number of benzene rings is 1. The molecule has 1 heterocycles. The van der Waals surface area contributed by atoms with Gasteiger partial charge in [-0.15, -0.1) is 11.3 Å². The number of nitrogens with zero attached hydrogens (tertiary/aromatic N) is 1. The van der Waals surface area contributed by atoms with Gasteiger partial charge in [-0.3, -0.25) is 9.59 Å². The minimum atomic E-state index is -4.50. The highest BCUT2D eigenvalue weighted by Crippen LogP contribution is 2.35. The molecule has 0 fully saturated rings. The topological polar surface area (TPSA) is 61.4 Å². The molecule has 5 nitrogen and oxygen atoms in total. The van der Waals surface area contributed by atoms with Crippen LogP contribution in [0.15, 0.2) is 35.7 Å². The van der Waals surface area contributed by atoms with Crippen molar-refractivity contribution in [3.63, 3.8) is 0 Å². The van der Waals surface area contributed by atoms with Gasteiger partial charge in [0.25, 0.3) is 5.91 Å². The third kappa shape index (κ3) is 5.72. The maximum atomic E-state index is 13.1. The van der Waals surface area contributed by atoms with E-state index in [0.29, 0.717) is 23.7 Å². The maximum absolute atomic E-state index is 13.1. The van der Waals surface area contributed by atoms with Crippen LogP contribution in [-0.2, 0) is 11.0 Å². The highest BCUT2D eigenvalue weighted by molar-refractivity contribution is 7.12. The number of carbonyl (C=O) groups excluding carboxylic acids is 2. The van der Waals surface area contributed by atoms with Crippen molar-refractivity contribution in [3.05, 3.63) is 46.2 Å². The number of hydrogen-bond donors (Lipinski definition) is 2. The Balaban J connectivity index is 2.07. The molecule has 0 spiro atoms. The summed E-state index contributed by atoms with van der Waals surface area (Å²) in [5.41, 5.74) is -0.202. The number of anilines is 2. The van der Waals surface area contributed by atoms with Crippen molar-refractivity contribution in [2.45, 2.75) is 26.4 Å². The summed E-state index contributed by atoms with van der Waals surface area (Å²) in [4.78, 5) is 26.5. The number of hydrogen-bond acceptors (Lipinski definition) is 4. The Morgan fingerprint density at radius 3 is 2.43 bits per heavy atom. The number of halogens is 3. The van der Waals surface area contributed by atoms with E-state index in [1.807, 2.05) is 18.7 Å². The van der Waals surface area contributed by atoms with E-state index in [1.165, 1.54) is 17.4 Å². The first-order valence-electron chi connectivity index (χ1n) is 8.84. The zero-order valence-electron chi connectivity index (χ0n) is 15.6. The first-order valence-corrected chi connectivity index (χ1v) is 9.72. The molecule has 2 aromatic rings. The molecule has 0 unspecified atom stereocenters. The van der Waals surface area contributed by atoms with Crippen molar-refractivity contribution in [2.75, 3.05) is 29.9 Å². The summed E-state index contributed by atoms with van der Waals surface area (Å²) < 4.78 is 39.2. The average Bonchev–Trinajstić information content (AvgIpc) is 3.17. The van der Waals surface area contributed by atoms with E-state index in [4.69, 9.17) is 0 Å². The minimum absolute atomic E-state index is 0.0505. The molecule has 0 aliphatic rings. The second-order valence-electron chi connectivity index (χ2n) is 5.93. The maximum Gasteiger partial charge on any atom is 0.416 e. The van der Waals surface area contributed by atoms with Crippen LogP contribution < -0.4 is 15.5 Å². The third-order valence-corrected chi connectivity index (χ3v) is 4.95. The van der Waals surface area contributed by atoms with Crippen LogP contribution >= 0.6 is 11.3 Å². The van der Waals surface area contributed by atoms with Crippen LogP contribution in [0, 0.1) is 0 Å². The third-order valence-electron chi connectivity index (χ3n) is 4.08. The second kappa shape index (κ2) is 9.59. The van der Waals surface area contributed by atoms with E-state index >= 15 is 0 Å². The van der Waals surface area contributed by atoms with Crippen molar-refractivity contribution in [2.24, 2.45) is 0 Å². The zero-order chi connectivity index (χ0) is 20.7. The van der Waals surface area contributed by atoms with Gasteiger partial charge in [-0.05, 0) is 43.5 Å². The van der Waals surface area contributed by atoms with Gasteiger partial charge in [0.1, 0.15) is 0 Å². The highest BCUT2D eigenvalue weighted by Gasteiger charge is 2.31. The molecule has 2 N–H and O–H groups in total. The number of carbonyl (C=O) groups is 2. The van der Waals surface area contributed by atoms with Crippen LogP contribution in [0.2, 0.25) is 0 Å². The van der Waals surface area contributed by atoms with Crippen LogP contribution in [-0.4, -0.2) is 31.4 Å². The van der Waals surface area contributed by atoms with E-state index < -0.39 is 17.6 Å². The highest BCUT2D eigenvalue weighted by atomic mass is 32.1. The molecule has 0 aliphatic heterocycles. The van der Waals surface area contributed by atoms with Gasteiger partial charge in [0, 0.05) is 26.1 Å². The van der Waals surface area contributed by atoms with Crippen LogP contribution in [0.1, 0.15) is 35.5 Å². The molecule has 9 heteroatoms. The lowest BCUT2D eigenvalue weighted by Crippen LogP contribution is -2.28. The molecule has 2 rings (SSSR count). The van der Waals surface area contributed by atoms with Gasteiger partial charge < -0.3 is 15.5 Å². The molecule has 0 atom stereocenters. The van der Waals surface area contributed by atoms with Gasteiger partial charge >= 0.3 is 6.18 Å². The molecule has 1 aromatic heterocycles. The van der Waals surface area contributed by atoms with E-state index in [1.54, 1.807) is 17.5 Å².